The van der Waals surface area contributed by atoms with Gasteiger partial charge in [0.2, 0.25) is 5.30 Å². The zero-order valence-corrected chi connectivity index (χ0v) is 25.8. The van der Waals surface area contributed by atoms with Crippen molar-refractivity contribution in [2.45, 2.75) is 52.5 Å². The van der Waals surface area contributed by atoms with E-state index < -0.39 is 18.8 Å². The summed E-state index contributed by atoms with van der Waals surface area (Å²) in [7, 11) is -1.76. The van der Waals surface area contributed by atoms with Crippen LogP contribution in [0.15, 0.2) is 54.6 Å². The Morgan fingerprint density at radius 1 is 1.07 bits per heavy atom. The van der Waals surface area contributed by atoms with Crippen LogP contribution in [0.5, 0.6) is 0 Å². The SMILES string of the molecule is Cc1nc(C)c([P+]2(O)OCC3(CCCCC3)CO2)c(-c2cccc([N+](=O)[O-])c2)c1C(=O)OCCN(C)Cc1ccccc1. The number of likely N-dealkylation sites (N-methyl/N-ethyl adjacent to an activating group) is 1. The van der Waals surface area contributed by atoms with Crippen LogP contribution in [0.4, 0.5) is 5.69 Å². The van der Waals surface area contributed by atoms with E-state index in [-0.39, 0.29) is 28.6 Å². The molecule has 1 aliphatic carbocycles. The predicted molar refractivity (Wildman–Crippen MR) is 165 cm³/mol. The second-order valence-corrected chi connectivity index (χ2v) is 13.7. The number of aromatic nitrogens is 1. The molecule has 5 rings (SSSR count). The lowest BCUT2D eigenvalue weighted by atomic mass is 9.75. The van der Waals surface area contributed by atoms with Gasteiger partial charge in [-0.15, -0.1) is 0 Å². The standard InChI is InChI=1S/C32H39N3O7P/c1-23-28(31(36)40-18-17-34(3)20-25-11-6-4-7-12-25)29(26-13-10-14-27(19-26)35(37)38)30(24(2)33-23)43(39)41-21-32(22-42-43)15-8-5-9-16-32/h4,6-7,10-14,19,39H,5,8-9,15-18,20-22H2,1-3H3/q+1. The summed E-state index contributed by atoms with van der Waals surface area (Å²) in [6, 6.07) is 16.0. The van der Waals surface area contributed by atoms with Crippen molar-refractivity contribution in [3.63, 3.8) is 0 Å². The van der Waals surface area contributed by atoms with Crippen molar-refractivity contribution in [3.8, 4) is 11.1 Å². The maximum atomic E-state index is 13.7. The lowest BCUT2D eigenvalue weighted by Crippen LogP contribution is -2.41. The van der Waals surface area contributed by atoms with E-state index in [0.717, 1.165) is 31.2 Å². The van der Waals surface area contributed by atoms with Crippen molar-refractivity contribution >= 4 is 24.9 Å². The first-order valence-electron chi connectivity index (χ1n) is 14.7. The van der Waals surface area contributed by atoms with E-state index >= 15 is 0 Å². The lowest BCUT2D eigenvalue weighted by molar-refractivity contribution is -0.384. The summed E-state index contributed by atoms with van der Waals surface area (Å²) in [6.07, 6.45) is 5.28. The second kappa shape index (κ2) is 13.2. The minimum absolute atomic E-state index is 0.119. The molecule has 1 N–H and O–H groups in total. The van der Waals surface area contributed by atoms with Gasteiger partial charge < -0.3 is 4.74 Å². The number of carbonyl (C=O) groups is 1. The van der Waals surface area contributed by atoms with Gasteiger partial charge in [0.05, 0.1) is 27.4 Å². The molecule has 0 radical (unpaired) electrons. The predicted octanol–water partition coefficient (Wildman–Crippen LogP) is 5.94. The number of aryl methyl sites for hydroxylation is 2. The molecule has 1 spiro atoms. The number of esters is 1. The van der Waals surface area contributed by atoms with Crippen LogP contribution in [-0.2, 0) is 20.3 Å². The van der Waals surface area contributed by atoms with Crippen LogP contribution in [0.3, 0.4) is 0 Å². The second-order valence-electron chi connectivity index (χ2n) is 11.7. The molecule has 0 atom stereocenters. The molecular formula is C32H39N3O7P+. The topological polar surface area (TPSA) is 124 Å². The van der Waals surface area contributed by atoms with Gasteiger partial charge in [0.25, 0.3) is 5.69 Å². The fourth-order valence-electron chi connectivity index (χ4n) is 6.08. The van der Waals surface area contributed by atoms with Crippen LogP contribution in [0.1, 0.15) is 59.4 Å². The molecule has 1 saturated carbocycles. The Morgan fingerprint density at radius 3 is 2.44 bits per heavy atom. The zero-order chi connectivity index (χ0) is 30.6. The number of hydrogen-bond acceptors (Lipinski definition) is 9. The smallest absolute Gasteiger partial charge is 0.448 e. The van der Waals surface area contributed by atoms with Gasteiger partial charge in [-0.25, -0.2) is 4.79 Å². The lowest BCUT2D eigenvalue weighted by Gasteiger charge is -2.40. The highest BCUT2D eigenvalue weighted by Crippen LogP contribution is 2.63. The van der Waals surface area contributed by atoms with Crippen molar-refractivity contribution in [2.75, 3.05) is 33.4 Å². The van der Waals surface area contributed by atoms with Crippen LogP contribution >= 0.6 is 7.94 Å². The number of non-ortho nitro benzene ring substituents is 1. The summed E-state index contributed by atoms with van der Waals surface area (Å²) >= 11 is 0. The summed E-state index contributed by atoms with van der Waals surface area (Å²) in [4.78, 5) is 43.6. The van der Waals surface area contributed by atoms with Crippen LogP contribution in [0, 0.1) is 29.4 Å². The van der Waals surface area contributed by atoms with Gasteiger partial charge in [0, 0.05) is 30.6 Å². The van der Waals surface area contributed by atoms with Crippen LogP contribution in [0.25, 0.3) is 11.1 Å². The monoisotopic (exact) mass is 608 g/mol. The third kappa shape index (κ3) is 6.95. The van der Waals surface area contributed by atoms with Crippen LogP contribution < -0.4 is 5.30 Å². The molecule has 2 fully saturated rings. The molecule has 1 aliphatic heterocycles. The molecule has 10 nitrogen and oxygen atoms in total. The number of benzene rings is 2. The molecule has 1 aromatic heterocycles. The number of nitro benzene ring substituents is 1. The van der Waals surface area contributed by atoms with E-state index in [1.165, 1.54) is 18.6 Å². The zero-order valence-electron chi connectivity index (χ0n) is 25.0. The summed E-state index contributed by atoms with van der Waals surface area (Å²) in [6.45, 7) is 5.40. The molecular weight excluding hydrogens is 569 g/mol. The summed E-state index contributed by atoms with van der Waals surface area (Å²) < 4.78 is 18.2. The molecule has 11 heteroatoms. The minimum Gasteiger partial charge on any atom is -0.461 e. The van der Waals surface area contributed by atoms with E-state index in [4.69, 9.17) is 13.8 Å². The summed E-state index contributed by atoms with van der Waals surface area (Å²) in [5, 5.41) is 12.0. The molecule has 2 heterocycles. The van der Waals surface area contributed by atoms with Crippen molar-refractivity contribution in [1.29, 1.82) is 0 Å². The molecule has 2 aliphatic rings. The first-order valence-corrected chi connectivity index (χ1v) is 16.3. The molecule has 0 unspecified atom stereocenters. The Kier molecular flexibility index (Phi) is 9.54. The first-order chi connectivity index (χ1) is 20.6. The number of ether oxygens (including phenoxy) is 1. The van der Waals surface area contributed by atoms with E-state index in [2.05, 4.69) is 9.88 Å². The average Bonchev–Trinajstić information content (AvgIpc) is 2.99. The van der Waals surface area contributed by atoms with Gasteiger partial charge >= 0.3 is 13.9 Å². The maximum Gasteiger partial charge on any atom is 0.448 e. The quantitative estimate of drug-likeness (QED) is 0.136. The Labute approximate surface area is 252 Å². The number of carbonyl (C=O) groups excluding carboxylic acids is 1. The highest BCUT2D eigenvalue weighted by atomic mass is 31.2. The normalized spacial score (nSPS) is 17.6. The third-order valence-corrected chi connectivity index (χ3v) is 10.4. The van der Waals surface area contributed by atoms with E-state index in [1.54, 1.807) is 26.0 Å². The molecule has 2 aromatic carbocycles. The largest absolute Gasteiger partial charge is 0.461 e. The third-order valence-electron chi connectivity index (χ3n) is 8.37. The first kappa shape index (κ1) is 31.2. The van der Waals surface area contributed by atoms with E-state index in [1.807, 2.05) is 37.4 Å². The van der Waals surface area contributed by atoms with Gasteiger partial charge in [0.1, 0.15) is 19.8 Å². The Hall–Kier alpha value is -3.27. The summed E-state index contributed by atoms with van der Waals surface area (Å²) in [5.74, 6) is -0.631. The Bertz CT molecular complexity index is 1470. The van der Waals surface area contributed by atoms with Gasteiger partial charge in [0.15, 0.2) is 0 Å². The minimum atomic E-state index is -3.70. The molecule has 228 valence electrons. The maximum absolute atomic E-state index is 13.7. The van der Waals surface area contributed by atoms with Crippen molar-refractivity contribution in [1.82, 2.24) is 9.88 Å². The molecule has 3 aromatic rings. The van der Waals surface area contributed by atoms with E-state index in [0.29, 0.717) is 48.8 Å². The van der Waals surface area contributed by atoms with Crippen LogP contribution in [-0.4, -0.2) is 59.1 Å². The Morgan fingerprint density at radius 2 is 1.77 bits per heavy atom. The van der Waals surface area contributed by atoms with Crippen molar-refractivity contribution in [2.24, 2.45) is 5.41 Å². The Balaban J connectivity index is 1.48. The molecule has 43 heavy (non-hydrogen) atoms. The fraction of sp³-hybridized carbons (Fsp3) is 0.438. The molecule has 0 bridgehead atoms. The number of hydrogen-bond donors (Lipinski definition) is 1. The number of nitro groups is 1. The number of nitrogens with zero attached hydrogens (tertiary/aromatic N) is 3. The average molecular weight is 609 g/mol. The van der Waals surface area contributed by atoms with E-state index in [9.17, 15) is 19.8 Å². The van der Waals surface area contributed by atoms with Crippen molar-refractivity contribution in [3.05, 3.63) is 87.2 Å². The van der Waals surface area contributed by atoms with Gasteiger partial charge in [-0.1, -0.05) is 61.7 Å². The van der Waals surface area contributed by atoms with Gasteiger partial charge in [-0.05, 0) is 44.9 Å². The highest BCUT2D eigenvalue weighted by Gasteiger charge is 2.57. The van der Waals surface area contributed by atoms with Gasteiger partial charge in [-0.2, -0.15) is 13.9 Å². The number of pyridine rings is 1. The highest BCUT2D eigenvalue weighted by molar-refractivity contribution is 7.69. The number of rotatable bonds is 9. The molecule has 0 amide bonds. The molecule has 1 saturated heterocycles. The van der Waals surface area contributed by atoms with Crippen molar-refractivity contribution < 1.29 is 28.4 Å². The fourth-order valence-corrected chi connectivity index (χ4v) is 8.29. The van der Waals surface area contributed by atoms with Gasteiger partial charge in [-0.3, -0.25) is 20.0 Å². The van der Waals surface area contributed by atoms with Crippen LogP contribution in [0.2, 0.25) is 0 Å². The summed E-state index contributed by atoms with van der Waals surface area (Å²) in [5.41, 5.74) is 2.49.